The number of fused-ring (bicyclic) bond motifs is 3. The zero-order valence-corrected chi connectivity index (χ0v) is 22.1. The molecule has 0 saturated carbocycles. The van der Waals surface area contributed by atoms with Gasteiger partial charge in [-0.1, -0.05) is 139 Å². The maximum absolute atomic E-state index is 6.31. The van der Waals surface area contributed by atoms with E-state index in [1.165, 1.54) is 64.7 Å². The fourth-order valence-electron chi connectivity index (χ4n) is 5.50. The fraction of sp³-hybridized carbons (Fsp3) is 0. The van der Waals surface area contributed by atoms with Crippen LogP contribution in [0.15, 0.2) is 140 Å². The van der Waals surface area contributed by atoms with Crippen LogP contribution in [-0.2, 0) is 0 Å². The molecule has 0 aliphatic rings. The third-order valence-corrected chi connectivity index (χ3v) is 8.65. The molecule has 0 amide bonds. The van der Waals surface area contributed by atoms with Crippen molar-refractivity contribution in [2.75, 3.05) is 0 Å². The molecule has 0 N–H and O–H groups in total. The van der Waals surface area contributed by atoms with Gasteiger partial charge in [-0.15, -0.1) is 11.3 Å². The Kier molecular flexibility index (Phi) is 5.81. The van der Waals surface area contributed by atoms with E-state index in [1.807, 2.05) is 23.5 Å². The lowest BCUT2D eigenvalue weighted by Crippen LogP contribution is -1.90. The number of rotatable bonds is 4. The third-order valence-electron chi connectivity index (χ3n) is 7.14. The molecule has 0 aliphatic heterocycles. The molecule has 2 heteroatoms. The molecule has 180 valence electrons. The van der Waals surface area contributed by atoms with E-state index in [9.17, 15) is 0 Å². The minimum absolute atomic E-state index is 0.748. The van der Waals surface area contributed by atoms with Gasteiger partial charge in [0.25, 0.3) is 0 Å². The second kappa shape index (κ2) is 9.61. The van der Waals surface area contributed by atoms with E-state index in [1.54, 1.807) is 0 Å². The van der Waals surface area contributed by atoms with Crippen molar-refractivity contribution in [3.05, 3.63) is 145 Å². The molecule has 0 bridgehead atoms. The first kappa shape index (κ1) is 23.0. The molecule has 0 saturated heterocycles. The van der Waals surface area contributed by atoms with Gasteiger partial charge in [0.2, 0.25) is 0 Å². The molecule has 1 heterocycles. The van der Waals surface area contributed by atoms with E-state index in [2.05, 4.69) is 127 Å². The molecule has 0 atom stereocenters. The Bertz CT molecular complexity index is 1890. The SMILES string of the molecule is Clc1ccc(-c2sc3c(-c4ccccc4)c(-c4ccccc4)c4ccccc4c3c2-c2ccccc2)cc1. The van der Waals surface area contributed by atoms with E-state index in [-0.39, 0.29) is 0 Å². The monoisotopic (exact) mass is 522 g/mol. The van der Waals surface area contributed by atoms with Gasteiger partial charge in [0.05, 0.1) is 0 Å². The van der Waals surface area contributed by atoms with Gasteiger partial charge >= 0.3 is 0 Å². The van der Waals surface area contributed by atoms with Gasteiger partial charge in [-0.2, -0.15) is 0 Å². The normalized spacial score (nSPS) is 11.3. The lowest BCUT2D eigenvalue weighted by Gasteiger charge is -2.17. The Morgan fingerprint density at radius 3 is 1.45 bits per heavy atom. The highest BCUT2D eigenvalue weighted by atomic mass is 35.5. The van der Waals surface area contributed by atoms with Crippen LogP contribution in [-0.4, -0.2) is 0 Å². The summed E-state index contributed by atoms with van der Waals surface area (Å²) < 4.78 is 1.30. The average molecular weight is 523 g/mol. The predicted molar refractivity (Wildman–Crippen MR) is 166 cm³/mol. The standard InChI is InChI=1S/C36H23ClS/c37-28-22-20-27(21-23-28)35-33(26-16-8-3-9-17-26)34-30-19-11-10-18-29(30)31(24-12-4-1-5-13-24)32(36(34)38-35)25-14-6-2-7-15-25/h1-23H. The molecular weight excluding hydrogens is 500 g/mol. The molecule has 0 radical (unpaired) electrons. The number of halogens is 1. The van der Waals surface area contributed by atoms with Crippen molar-refractivity contribution in [3.8, 4) is 43.8 Å². The van der Waals surface area contributed by atoms with Gasteiger partial charge in [-0.05, 0) is 50.7 Å². The average Bonchev–Trinajstić information content (AvgIpc) is 3.39. The molecule has 0 spiro atoms. The molecule has 7 aromatic rings. The molecule has 38 heavy (non-hydrogen) atoms. The summed E-state index contributed by atoms with van der Waals surface area (Å²) in [4.78, 5) is 1.26. The summed E-state index contributed by atoms with van der Waals surface area (Å²) in [6, 6.07) is 49.6. The largest absolute Gasteiger partial charge is 0.134 e. The van der Waals surface area contributed by atoms with Gasteiger partial charge in [-0.25, -0.2) is 0 Å². The zero-order chi connectivity index (χ0) is 25.5. The van der Waals surface area contributed by atoms with E-state index in [0.29, 0.717) is 0 Å². The van der Waals surface area contributed by atoms with Gasteiger partial charge < -0.3 is 0 Å². The Balaban J connectivity index is 1.73. The van der Waals surface area contributed by atoms with Crippen LogP contribution in [0.2, 0.25) is 5.02 Å². The van der Waals surface area contributed by atoms with Crippen molar-refractivity contribution >= 4 is 43.8 Å². The van der Waals surface area contributed by atoms with Crippen molar-refractivity contribution in [3.63, 3.8) is 0 Å². The number of hydrogen-bond acceptors (Lipinski definition) is 1. The first-order chi connectivity index (χ1) is 18.8. The molecule has 0 unspecified atom stereocenters. The highest BCUT2D eigenvalue weighted by Crippen LogP contribution is 2.54. The van der Waals surface area contributed by atoms with E-state index >= 15 is 0 Å². The Morgan fingerprint density at radius 1 is 0.395 bits per heavy atom. The molecule has 0 aliphatic carbocycles. The quantitative estimate of drug-likeness (QED) is 0.215. The van der Waals surface area contributed by atoms with Crippen LogP contribution in [0.25, 0.3) is 64.7 Å². The van der Waals surface area contributed by atoms with Gasteiger partial charge in [0.1, 0.15) is 0 Å². The van der Waals surface area contributed by atoms with Crippen molar-refractivity contribution in [1.82, 2.24) is 0 Å². The Morgan fingerprint density at radius 2 is 0.868 bits per heavy atom. The van der Waals surface area contributed by atoms with Crippen molar-refractivity contribution < 1.29 is 0 Å². The minimum Gasteiger partial charge on any atom is -0.134 e. The molecule has 0 nitrogen and oxygen atoms in total. The van der Waals surface area contributed by atoms with E-state index < -0.39 is 0 Å². The Labute approximate surface area is 231 Å². The number of benzene rings is 6. The maximum atomic E-state index is 6.31. The van der Waals surface area contributed by atoms with Crippen LogP contribution in [0.1, 0.15) is 0 Å². The van der Waals surface area contributed by atoms with Gasteiger partial charge in [0, 0.05) is 31.1 Å². The molecule has 7 rings (SSSR count). The first-order valence-electron chi connectivity index (χ1n) is 12.7. The highest BCUT2D eigenvalue weighted by molar-refractivity contribution is 7.23. The van der Waals surface area contributed by atoms with Crippen LogP contribution < -0.4 is 0 Å². The number of thiophene rings is 1. The van der Waals surface area contributed by atoms with E-state index in [4.69, 9.17) is 11.6 Å². The lowest BCUT2D eigenvalue weighted by atomic mass is 9.86. The minimum atomic E-state index is 0.748. The first-order valence-corrected chi connectivity index (χ1v) is 13.9. The second-order valence-corrected chi connectivity index (χ2v) is 10.9. The summed E-state index contributed by atoms with van der Waals surface area (Å²) in [5.41, 5.74) is 8.70. The van der Waals surface area contributed by atoms with Crippen LogP contribution in [0.5, 0.6) is 0 Å². The molecule has 6 aromatic carbocycles. The third kappa shape index (κ3) is 3.83. The molecule has 0 fully saturated rings. The summed E-state index contributed by atoms with van der Waals surface area (Å²) in [7, 11) is 0. The van der Waals surface area contributed by atoms with Gasteiger partial charge in [0.15, 0.2) is 0 Å². The summed E-state index contributed by atoms with van der Waals surface area (Å²) in [5.74, 6) is 0. The zero-order valence-electron chi connectivity index (χ0n) is 20.6. The second-order valence-electron chi connectivity index (χ2n) is 9.41. The molecular formula is C36H23ClS. The van der Waals surface area contributed by atoms with Crippen LogP contribution >= 0.6 is 22.9 Å². The maximum Gasteiger partial charge on any atom is 0.0446 e. The number of hydrogen-bond donors (Lipinski definition) is 0. The smallest absolute Gasteiger partial charge is 0.0446 e. The fourth-order valence-corrected chi connectivity index (χ4v) is 7.04. The van der Waals surface area contributed by atoms with Crippen LogP contribution in [0.3, 0.4) is 0 Å². The van der Waals surface area contributed by atoms with Crippen molar-refractivity contribution in [1.29, 1.82) is 0 Å². The van der Waals surface area contributed by atoms with Crippen molar-refractivity contribution in [2.24, 2.45) is 0 Å². The van der Waals surface area contributed by atoms with Crippen LogP contribution in [0, 0.1) is 0 Å². The topological polar surface area (TPSA) is 0 Å². The summed E-state index contributed by atoms with van der Waals surface area (Å²) in [5, 5.41) is 4.59. The molecule has 1 aromatic heterocycles. The van der Waals surface area contributed by atoms with Gasteiger partial charge in [-0.3, -0.25) is 0 Å². The van der Waals surface area contributed by atoms with E-state index in [0.717, 1.165) is 5.02 Å². The predicted octanol–water partition coefficient (Wildman–Crippen LogP) is 11.4. The lowest BCUT2D eigenvalue weighted by molar-refractivity contribution is 1.64. The summed E-state index contributed by atoms with van der Waals surface area (Å²) >= 11 is 8.19. The van der Waals surface area contributed by atoms with Crippen LogP contribution in [0.4, 0.5) is 0 Å². The summed E-state index contributed by atoms with van der Waals surface area (Å²) in [6.45, 7) is 0. The van der Waals surface area contributed by atoms with Crippen molar-refractivity contribution in [2.45, 2.75) is 0 Å². The highest BCUT2D eigenvalue weighted by Gasteiger charge is 2.24. The summed E-state index contributed by atoms with van der Waals surface area (Å²) in [6.07, 6.45) is 0. The Hall–Kier alpha value is -4.17.